The van der Waals surface area contributed by atoms with Crippen LogP contribution in [0.4, 0.5) is 0 Å². The lowest BCUT2D eigenvalue weighted by molar-refractivity contribution is 0.406. The van der Waals surface area contributed by atoms with E-state index < -0.39 is 0 Å². The Hall–Kier alpha value is -0.720. The average Bonchev–Trinajstić information content (AvgIpc) is 1.88. The van der Waals surface area contributed by atoms with Gasteiger partial charge in [-0.3, -0.25) is 0 Å². The second kappa shape index (κ2) is 2.91. The molecule has 0 N–H and O–H groups in total. The summed E-state index contributed by atoms with van der Waals surface area (Å²) in [5.41, 5.74) is 0. The normalized spacial score (nSPS) is 19.0. The molecule has 0 amide bonds. The average molecular weight is 137 g/mol. The van der Waals surface area contributed by atoms with Gasteiger partial charge in [0.1, 0.15) is 0 Å². The van der Waals surface area contributed by atoms with Crippen molar-refractivity contribution >= 4 is 0 Å². The molecule has 0 spiro atoms. The molecule has 0 aliphatic carbocycles. The highest BCUT2D eigenvalue weighted by atomic mass is 15.1. The number of rotatable bonds is 1. The van der Waals surface area contributed by atoms with Gasteiger partial charge in [0.05, 0.1) is 0 Å². The molecule has 0 atom stereocenters. The van der Waals surface area contributed by atoms with Crippen molar-refractivity contribution in [1.29, 1.82) is 0 Å². The Morgan fingerprint density at radius 3 is 2.10 bits per heavy atom. The number of nitrogens with zero attached hydrogens (tertiary/aromatic N) is 1. The molecule has 0 saturated heterocycles. The van der Waals surface area contributed by atoms with E-state index in [1.165, 1.54) is 0 Å². The minimum atomic E-state index is 0.583. The Bertz CT molecular complexity index is 142. The molecule has 1 heteroatoms. The summed E-state index contributed by atoms with van der Waals surface area (Å²) in [6.07, 6.45) is 8.71. The molecule has 0 unspecified atom stereocenters. The fourth-order valence-corrected chi connectivity index (χ4v) is 0.928. The molecule has 0 aromatic rings. The molecule has 1 rings (SSSR count). The van der Waals surface area contributed by atoms with Crippen LogP contribution in [0.25, 0.3) is 0 Å². The summed E-state index contributed by atoms with van der Waals surface area (Å²) in [5.74, 6) is 0.606. The first kappa shape index (κ1) is 7.39. The van der Waals surface area contributed by atoms with Gasteiger partial charge in [-0.15, -0.1) is 0 Å². The first-order chi connectivity index (χ1) is 4.70. The van der Waals surface area contributed by atoms with Crippen LogP contribution in [0.3, 0.4) is 0 Å². The minimum absolute atomic E-state index is 0.583. The summed E-state index contributed by atoms with van der Waals surface area (Å²) in [6.45, 7) is 6.56. The van der Waals surface area contributed by atoms with Crippen LogP contribution in [0.1, 0.15) is 20.8 Å². The molecule has 1 heterocycles. The van der Waals surface area contributed by atoms with Crippen LogP contribution >= 0.6 is 0 Å². The van der Waals surface area contributed by atoms with E-state index in [0.29, 0.717) is 12.0 Å². The lowest BCUT2D eigenvalue weighted by Crippen LogP contribution is -2.21. The Morgan fingerprint density at radius 2 is 1.70 bits per heavy atom. The summed E-state index contributed by atoms with van der Waals surface area (Å²) in [7, 11) is 0. The van der Waals surface area contributed by atoms with Crippen molar-refractivity contribution in [1.82, 2.24) is 4.90 Å². The summed E-state index contributed by atoms with van der Waals surface area (Å²) >= 11 is 0. The maximum Gasteiger partial charge on any atom is 0.0273 e. The zero-order valence-corrected chi connectivity index (χ0v) is 6.91. The molecule has 56 valence electrons. The van der Waals surface area contributed by atoms with Gasteiger partial charge in [0.2, 0.25) is 0 Å². The van der Waals surface area contributed by atoms with Crippen LogP contribution in [-0.4, -0.2) is 10.9 Å². The Kier molecular flexibility index (Phi) is 2.15. The summed E-state index contributed by atoms with van der Waals surface area (Å²) < 4.78 is 0. The highest BCUT2D eigenvalue weighted by Gasteiger charge is 2.04. The maximum atomic E-state index is 2.21. The Labute approximate surface area is 63.0 Å². The van der Waals surface area contributed by atoms with E-state index in [0.717, 1.165) is 0 Å². The van der Waals surface area contributed by atoms with Crippen LogP contribution in [0.2, 0.25) is 0 Å². The van der Waals surface area contributed by atoms with Gasteiger partial charge >= 0.3 is 0 Å². The molecule has 1 aliphatic rings. The Morgan fingerprint density at radius 1 is 1.20 bits per heavy atom. The van der Waals surface area contributed by atoms with E-state index >= 15 is 0 Å². The molecule has 0 aromatic carbocycles. The highest BCUT2D eigenvalue weighted by molar-refractivity contribution is 5.06. The first-order valence-corrected chi connectivity index (χ1v) is 3.84. The van der Waals surface area contributed by atoms with Crippen LogP contribution in [0.5, 0.6) is 0 Å². The topological polar surface area (TPSA) is 3.24 Å². The lowest BCUT2D eigenvalue weighted by atomic mass is 10.1. The maximum absolute atomic E-state index is 2.21. The van der Waals surface area contributed by atoms with Crippen molar-refractivity contribution in [2.24, 2.45) is 5.92 Å². The van der Waals surface area contributed by atoms with E-state index in [4.69, 9.17) is 0 Å². The van der Waals surface area contributed by atoms with Crippen molar-refractivity contribution in [3.05, 3.63) is 24.6 Å². The molecule has 1 nitrogen and oxygen atoms in total. The van der Waals surface area contributed by atoms with E-state index in [-0.39, 0.29) is 0 Å². The van der Waals surface area contributed by atoms with Crippen molar-refractivity contribution < 1.29 is 0 Å². The predicted octanol–water partition coefficient (Wildman–Crippen LogP) is 2.37. The van der Waals surface area contributed by atoms with Crippen molar-refractivity contribution in [2.75, 3.05) is 0 Å². The molecule has 0 aromatic heterocycles. The molecule has 10 heavy (non-hydrogen) atoms. The van der Waals surface area contributed by atoms with Crippen LogP contribution < -0.4 is 0 Å². The number of hydrogen-bond donors (Lipinski definition) is 0. The largest absolute Gasteiger partial charge is 0.352 e. The van der Waals surface area contributed by atoms with Crippen LogP contribution in [-0.2, 0) is 0 Å². The van der Waals surface area contributed by atoms with E-state index in [1.807, 2.05) is 0 Å². The number of hydrogen-bond acceptors (Lipinski definition) is 1. The standard InChI is InChI=1S/C9H15N/c1-8(2)10-6-4-9(3)5-7-10/h4-9H,1-3H3. The summed E-state index contributed by atoms with van der Waals surface area (Å²) in [6, 6.07) is 0.583. The summed E-state index contributed by atoms with van der Waals surface area (Å²) in [4.78, 5) is 2.21. The van der Waals surface area contributed by atoms with Crippen LogP contribution in [0.15, 0.2) is 24.6 Å². The first-order valence-electron chi connectivity index (χ1n) is 3.84. The van der Waals surface area contributed by atoms with Gasteiger partial charge < -0.3 is 4.90 Å². The van der Waals surface area contributed by atoms with Crippen molar-refractivity contribution in [3.8, 4) is 0 Å². The van der Waals surface area contributed by atoms with Gasteiger partial charge in [-0.25, -0.2) is 0 Å². The smallest absolute Gasteiger partial charge is 0.0273 e. The second-order valence-electron chi connectivity index (χ2n) is 3.08. The van der Waals surface area contributed by atoms with Gasteiger partial charge in [0.25, 0.3) is 0 Å². The van der Waals surface area contributed by atoms with E-state index in [9.17, 15) is 0 Å². The molecule has 0 fully saturated rings. The summed E-state index contributed by atoms with van der Waals surface area (Å²) in [5, 5.41) is 0. The molecule has 0 saturated carbocycles. The lowest BCUT2D eigenvalue weighted by Gasteiger charge is -2.23. The quantitative estimate of drug-likeness (QED) is 0.536. The molecule has 0 bridgehead atoms. The zero-order valence-electron chi connectivity index (χ0n) is 6.91. The zero-order chi connectivity index (χ0) is 7.56. The predicted molar refractivity (Wildman–Crippen MR) is 44.4 cm³/mol. The molecule has 0 radical (unpaired) electrons. The minimum Gasteiger partial charge on any atom is -0.352 e. The third-order valence-electron chi connectivity index (χ3n) is 1.72. The van der Waals surface area contributed by atoms with Gasteiger partial charge in [0.15, 0.2) is 0 Å². The van der Waals surface area contributed by atoms with Crippen LogP contribution in [0, 0.1) is 5.92 Å². The van der Waals surface area contributed by atoms with Gasteiger partial charge in [-0.1, -0.05) is 19.1 Å². The van der Waals surface area contributed by atoms with Gasteiger partial charge in [-0.2, -0.15) is 0 Å². The molecule has 1 aliphatic heterocycles. The van der Waals surface area contributed by atoms with Crippen molar-refractivity contribution in [3.63, 3.8) is 0 Å². The Balaban J connectivity index is 2.54. The van der Waals surface area contributed by atoms with E-state index in [2.05, 4.69) is 50.2 Å². The van der Waals surface area contributed by atoms with Crippen molar-refractivity contribution in [2.45, 2.75) is 26.8 Å². The monoisotopic (exact) mass is 137 g/mol. The second-order valence-corrected chi connectivity index (χ2v) is 3.08. The fraction of sp³-hybridized carbons (Fsp3) is 0.556. The molecular weight excluding hydrogens is 122 g/mol. The van der Waals surface area contributed by atoms with Gasteiger partial charge in [0, 0.05) is 18.4 Å². The highest BCUT2D eigenvalue weighted by Crippen LogP contribution is 2.11. The third-order valence-corrected chi connectivity index (χ3v) is 1.72. The SMILES string of the molecule is CC1C=CN(C(C)C)C=C1. The van der Waals surface area contributed by atoms with E-state index in [1.54, 1.807) is 0 Å². The third kappa shape index (κ3) is 1.63. The molecular formula is C9H15N. The number of allylic oxidation sites excluding steroid dienone is 2. The van der Waals surface area contributed by atoms with Gasteiger partial charge in [-0.05, 0) is 19.8 Å². The fourth-order valence-electron chi connectivity index (χ4n) is 0.928.